The van der Waals surface area contributed by atoms with Crippen molar-refractivity contribution in [3.8, 4) is 5.75 Å². The number of aryl methyl sites for hydroxylation is 1. The molecule has 0 spiro atoms. The van der Waals surface area contributed by atoms with Crippen molar-refractivity contribution in [2.45, 2.75) is 25.9 Å². The number of ether oxygens (including phenoxy) is 2. The van der Waals surface area contributed by atoms with Crippen LogP contribution in [0.2, 0.25) is 0 Å². The molecule has 1 unspecified atom stereocenters. The van der Waals surface area contributed by atoms with Crippen molar-refractivity contribution in [1.29, 1.82) is 0 Å². The molecule has 1 aromatic carbocycles. The highest BCUT2D eigenvalue weighted by atomic mass is 32.1. The Balaban J connectivity index is 1.32. The molecule has 0 bridgehead atoms. The highest BCUT2D eigenvalue weighted by molar-refractivity contribution is 7.14. The van der Waals surface area contributed by atoms with E-state index in [0.29, 0.717) is 32.5 Å². The molecule has 1 aliphatic heterocycles. The Labute approximate surface area is 156 Å². The van der Waals surface area contributed by atoms with Crippen molar-refractivity contribution in [3.05, 3.63) is 47.3 Å². The summed E-state index contributed by atoms with van der Waals surface area (Å²) in [6.45, 7) is 3.29. The van der Waals surface area contributed by atoms with Gasteiger partial charge in [0.15, 0.2) is 0 Å². The zero-order valence-electron chi connectivity index (χ0n) is 14.6. The summed E-state index contributed by atoms with van der Waals surface area (Å²) in [5.41, 5.74) is 1.18. The number of nitrogens with one attached hydrogen (secondary N) is 1. The molecule has 26 heavy (non-hydrogen) atoms. The number of rotatable bonds is 8. The van der Waals surface area contributed by atoms with Crippen molar-refractivity contribution >= 4 is 28.3 Å². The van der Waals surface area contributed by atoms with Crippen molar-refractivity contribution < 1.29 is 19.1 Å². The summed E-state index contributed by atoms with van der Waals surface area (Å²) in [6.07, 6.45) is 0.322. The predicted octanol–water partition coefficient (Wildman–Crippen LogP) is 3.36. The van der Waals surface area contributed by atoms with Gasteiger partial charge in [-0.15, -0.1) is 11.3 Å². The molecule has 1 N–H and O–H groups in total. The van der Waals surface area contributed by atoms with Crippen molar-refractivity contribution in [2.24, 2.45) is 0 Å². The molecule has 138 valence electrons. The first kappa shape index (κ1) is 18.3. The van der Waals surface area contributed by atoms with E-state index < -0.39 is 0 Å². The topological polar surface area (TPSA) is 67.9 Å². The molecule has 2 aromatic rings. The van der Waals surface area contributed by atoms with Crippen LogP contribution in [0.3, 0.4) is 0 Å². The fourth-order valence-electron chi connectivity index (χ4n) is 2.60. The Morgan fingerprint density at radius 1 is 1.35 bits per heavy atom. The van der Waals surface area contributed by atoms with E-state index in [2.05, 4.69) is 5.32 Å². The van der Waals surface area contributed by atoms with E-state index in [0.717, 1.165) is 10.8 Å². The summed E-state index contributed by atoms with van der Waals surface area (Å²) >= 11 is 1.49. The molecular formula is C19H22N2O4S. The van der Waals surface area contributed by atoms with E-state index in [9.17, 15) is 9.59 Å². The van der Waals surface area contributed by atoms with Gasteiger partial charge in [-0.25, -0.2) is 4.79 Å². The standard InChI is InChI=1S/C19H22N2O4S/c1-14-6-8-15(9-7-14)24-10-2-4-17(22)20-12-16-13-21(19(23)25-16)18-5-3-11-26-18/h3,5-9,11,16H,2,4,10,12-13H2,1H3,(H,20,22). The summed E-state index contributed by atoms with van der Waals surface area (Å²) in [5.74, 6) is 0.741. The zero-order valence-corrected chi connectivity index (χ0v) is 15.5. The number of hydrogen-bond donors (Lipinski definition) is 1. The van der Waals surface area contributed by atoms with Crippen LogP contribution >= 0.6 is 11.3 Å². The van der Waals surface area contributed by atoms with Crippen molar-refractivity contribution in [3.63, 3.8) is 0 Å². The second kappa shape index (κ2) is 8.71. The molecule has 1 aliphatic rings. The lowest BCUT2D eigenvalue weighted by Crippen LogP contribution is -2.34. The van der Waals surface area contributed by atoms with Gasteiger partial charge in [-0.2, -0.15) is 0 Å². The number of carbonyl (C=O) groups is 2. The quantitative estimate of drug-likeness (QED) is 0.720. The minimum atomic E-state index is -0.363. The van der Waals surface area contributed by atoms with Gasteiger partial charge in [0.2, 0.25) is 5.91 Å². The fourth-order valence-corrected chi connectivity index (χ4v) is 3.33. The molecule has 6 nitrogen and oxygen atoms in total. The minimum absolute atomic E-state index is 0.0665. The number of hydrogen-bond acceptors (Lipinski definition) is 5. The average molecular weight is 374 g/mol. The Morgan fingerprint density at radius 3 is 2.88 bits per heavy atom. The summed E-state index contributed by atoms with van der Waals surface area (Å²) in [4.78, 5) is 25.4. The van der Waals surface area contributed by atoms with Gasteiger partial charge < -0.3 is 14.8 Å². The predicted molar refractivity (Wildman–Crippen MR) is 101 cm³/mol. The fraction of sp³-hybridized carbons (Fsp3) is 0.368. The highest BCUT2D eigenvalue weighted by Gasteiger charge is 2.32. The Kier molecular flexibility index (Phi) is 6.12. The van der Waals surface area contributed by atoms with E-state index >= 15 is 0 Å². The molecular weight excluding hydrogens is 352 g/mol. The second-order valence-electron chi connectivity index (χ2n) is 6.14. The highest BCUT2D eigenvalue weighted by Crippen LogP contribution is 2.26. The second-order valence-corrected chi connectivity index (χ2v) is 7.06. The average Bonchev–Trinajstić information content (AvgIpc) is 3.28. The monoisotopic (exact) mass is 374 g/mol. The summed E-state index contributed by atoms with van der Waals surface area (Å²) < 4.78 is 10.9. The van der Waals surface area contributed by atoms with Crippen LogP contribution in [0, 0.1) is 6.92 Å². The number of nitrogens with zero attached hydrogens (tertiary/aromatic N) is 1. The van der Waals surface area contributed by atoms with Crippen LogP contribution in [-0.2, 0) is 9.53 Å². The molecule has 0 aliphatic carbocycles. The first-order chi connectivity index (χ1) is 12.6. The lowest BCUT2D eigenvalue weighted by molar-refractivity contribution is -0.121. The summed E-state index contributed by atoms with van der Waals surface area (Å²) in [6, 6.07) is 11.6. The first-order valence-corrected chi connectivity index (χ1v) is 9.47. The zero-order chi connectivity index (χ0) is 18.4. The van der Waals surface area contributed by atoms with Gasteiger partial charge in [0.25, 0.3) is 0 Å². The molecule has 1 atom stereocenters. The van der Waals surface area contributed by atoms with Gasteiger partial charge in [-0.3, -0.25) is 9.69 Å². The number of anilines is 1. The van der Waals surface area contributed by atoms with Crippen LogP contribution in [0.15, 0.2) is 41.8 Å². The molecule has 7 heteroatoms. The Morgan fingerprint density at radius 2 is 2.15 bits per heavy atom. The normalized spacial score (nSPS) is 16.4. The number of amides is 2. The molecule has 2 amide bonds. The van der Waals surface area contributed by atoms with Gasteiger partial charge in [-0.1, -0.05) is 17.7 Å². The number of benzene rings is 1. The van der Waals surface area contributed by atoms with Gasteiger partial charge in [-0.05, 0) is 43.0 Å². The smallest absolute Gasteiger partial charge is 0.415 e. The van der Waals surface area contributed by atoms with E-state index in [-0.39, 0.29) is 18.1 Å². The van der Waals surface area contributed by atoms with E-state index in [1.807, 2.05) is 48.7 Å². The lowest BCUT2D eigenvalue weighted by atomic mass is 10.2. The molecule has 1 aromatic heterocycles. The van der Waals surface area contributed by atoms with Gasteiger partial charge >= 0.3 is 6.09 Å². The van der Waals surface area contributed by atoms with E-state index in [1.54, 1.807) is 4.90 Å². The SMILES string of the molecule is Cc1ccc(OCCCC(=O)NCC2CN(c3cccs3)C(=O)O2)cc1. The van der Waals surface area contributed by atoms with E-state index in [1.165, 1.54) is 16.9 Å². The third-order valence-corrected chi connectivity index (χ3v) is 4.90. The van der Waals surface area contributed by atoms with Crippen LogP contribution < -0.4 is 15.0 Å². The van der Waals surface area contributed by atoms with Crippen molar-refractivity contribution in [1.82, 2.24) is 5.32 Å². The maximum atomic E-state index is 11.9. The van der Waals surface area contributed by atoms with Crippen LogP contribution in [0.5, 0.6) is 5.75 Å². The lowest BCUT2D eigenvalue weighted by Gasteiger charge is -2.11. The maximum Gasteiger partial charge on any atom is 0.415 e. The largest absolute Gasteiger partial charge is 0.494 e. The molecule has 0 radical (unpaired) electrons. The molecule has 3 rings (SSSR count). The van der Waals surface area contributed by atoms with E-state index in [4.69, 9.17) is 9.47 Å². The van der Waals surface area contributed by atoms with Gasteiger partial charge in [0.1, 0.15) is 16.9 Å². The van der Waals surface area contributed by atoms with Gasteiger partial charge in [0.05, 0.1) is 19.7 Å². The minimum Gasteiger partial charge on any atom is -0.494 e. The molecule has 2 heterocycles. The van der Waals surface area contributed by atoms with Crippen LogP contribution in [0.1, 0.15) is 18.4 Å². The van der Waals surface area contributed by atoms with Crippen LogP contribution in [0.25, 0.3) is 0 Å². The summed E-state index contributed by atoms with van der Waals surface area (Å²) in [7, 11) is 0. The molecule has 1 saturated heterocycles. The van der Waals surface area contributed by atoms with Crippen LogP contribution in [-0.4, -0.2) is 37.8 Å². The Bertz CT molecular complexity index is 731. The number of carbonyl (C=O) groups excluding carboxylic acids is 2. The maximum absolute atomic E-state index is 11.9. The summed E-state index contributed by atoms with van der Waals surface area (Å²) in [5, 5.41) is 5.59. The molecule has 1 fully saturated rings. The third kappa shape index (κ3) is 4.98. The molecule has 0 saturated carbocycles. The number of cyclic esters (lactones) is 1. The van der Waals surface area contributed by atoms with Crippen LogP contribution in [0.4, 0.5) is 9.80 Å². The first-order valence-electron chi connectivity index (χ1n) is 8.59. The van der Waals surface area contributed by atoms with Crippen molar-refractivity contribution in [2.75, 3.05) is 24.6 Å². The third-order valence-electron chi connectivity index (χ3n) is 4.01. The Hall–Kier alpha value is -2.54. The number of thiophene rings is 1. The van der Waals surface area contributed by atoms with Gasteiger partial charge in [0, 0.05) is 6.42 Å².